The summed E-state index contributed by atoms with van der Waals surface area (Å²) in [6.07, 6.45) is 1.09. The number of piperidine rings is 1. The lowest BCUT2D eigenvalue weighted by Crippen LogP contribution is -2.41. The number of benzene rings is 2. The van der Waals surface area contributed by atoms with E-state index in [1.165, 1.54) is 17.4 Å². The van der Waals surface area contributed by atoms with Crippen LogP contribution in [0.5, 0.6) is 0 Å². The molecule has 0 bridgehead atoms. The molecule has 1 fully saturated rings. The normalized spacial score (nSPS) is 14.5. The van der Waals surface area contributed by atoms with Crippen molar-refractivity contribution in [2.24, 2.45) is 5.92 Å². The first-order valence-corrected chi connectivity index (χ1v) is 11.9. The standard InChI is InChI=1S/C25H22F2N4O2S/c1-15-2-5-18(6-3-15)31-24(33)22-21(10-13-34-22)29-25(31)30-11-8-16(9-12-30)23(32)28-17-4-7-19(26)20(27)14-17/h2-7,10,13-14,16H,8-9,11-12H2,1H3,(H,28,32). The number of fused-ring (bicyclic) bond motifs is 1. The third kappa shape index (κ3) is 4.19. The van der Waals surface area contributed by atoms with Gasteiger partial charge < -0.3 is 10.2 Å². The molecule has 1 N–H and O–H groups in total. The van der Waals surface area contributed by atoms with Gasteiger partial charge in [-0.3, -0.25) is 9.59 Å². The van der Waals surface area contributed by atoms with Crippen LogP contribution >= 0.6 is 11.3 Å². The second-order valence-corrected chi connectivity index (χ2v) is 9.32. The number of amides is 1. The second kappa shape index (κ2) is 8.98. The Kier molecular flexibility index (Phi) is 5.87. The van der Waals surface area contributed by atoms with Gasteiger partial charge in [-0.05, 0) is 55.5 Å². The minimum absolute atomic E-state index is 0.114. The van der Waals surface area contributed by atoms with Gasteiger partial charge in [-0.25, -0.2) is 18.3 Å². The Balaban J connectivity index is 1.38. The number of aromatic nitrogens is 2. The van der Waals surface area contributed by atoms with Crippen LogP contribution in [0.2, 0.25) is 0 Å². The van der Waals surface area contributed by atoms with Gasteiger partial charge in [-0.15, -0.1) is 11.3 Å². The van der Waals surface area contributed by atoms with Gasteiger partial charge in [0.1, 0.15) is 4.70 Å². The number of hydrogen-bond acceptors (Lipinski definition) is 5. The minimum Gasteiger partial charge on any atom is -0.342 e. The first kappa shape index (κ1) is 22.2. The fraction of sp³-hybridized carbons (Fsp3) is 0.240. The summed E-state index contributed by atoms with van der Waals surface area (Å²) in [5, 5.41) is 4.53. The maximum absolute atomic E-state index is 13.5. The number of thiophene rings is 1. The van der Waals surface area contributed by atoms with Crippen LogP contribution in [-0.4, -0.2) is 28.5 Å². The summed E-state index contributed by atoms with van der Waals surface area (Å²) in [4.78, 5) is 32.9. The van der Waals surface area contributed by atoms with E-state index in [-0.39, 0.29) is 23.1 Å². The Morgan fingerprint density at radius 1 is 1.06 bits per heavy atom. The van der Waals surface area contributed by atoms with Crippen molar-refractivity contribution in [3.05, 3.63) is 81.5 Å². The van der Waals surface area contributed by atoms with E-state index in [0.29, 0.717) is 42.1 Å². The van der Waals surface area contributed by atoms with Crippen molar-refractivity contribution < 1.29 is 13.6 Å². The monoisotopic (exact) mass is 480 g/mol. The van der Waals surface area contributed by atoms with Crippen LogP contribution in [0, 0.1) is 24.5 Å². The zero-order valence-corrected chi connectivity index (χ0v) is 19.2. The molecule has 9 heteroatoms. The Hall–Kier alpha value is -3.59. The van der Waals surface area contributed by atoms with Gasteiger partial charge in [0.25, 0.3) is 5.56 Å². The summed E-state index contributed by atoms with van der Waals surface area (Å²) in [6.45, 7) is 3.05. The first-order chi connectivity index (χ1) is 16.4. The van der Waals surface area contributed by atoms with E-state index in [4.69, 9.17) is 4.98 Å². The van der Waals surface area contributed by atoms with E-state index in [2.05, 4.69) is 5.32 Å². The number of carbonyl (C=O) groups excluding carboxylic acids is 1. The van der Waals surface area contributed by atoms with E-state index >= 15 is 0 Å². The molecule has 1 aliphatic rings. The Bertz CT molecular complexity index is 1420. The smallest absolute Gasteiger partial charge is 0.277 e. The van der Waals surface area contributed by atoms with Gasteiger partial charge in [0.2, 0.25) is 11.9 Å². The molecule has 0 spiro atoms. The van der Waals surface area contributed by atoms with Crippen molar-refractivity contribution in [2.75, 3.05) is 23.3 Å². The topological polar surface area (TPSA) is 67.2 Å². The third-order valence-electron chi connectivity index (χ3n) is 6.09. The van der Waals surface area contributed by atoms with Crippen LogP contribution in [0.3, 0.4) is 0 Å². The Morgan fingerprint density at radius 2 is 1.79 bits per heavy atom. The maximum Gasteiger partial charge on any atom is 0.277 e. The molecule has 2 aromatic carbocycles. The summed E-state index contributed by atoms with van der Waals surface area (Å²) < 4.78 is 28.9. The molecule has 0 atom stereocenters. The summed E-state index contributed by atoms with van der Waals surface area (Å²) in [5.41, 5.74) is 2.61. The SMILES string of the molecule is Cc1ccc(-n2c(N3CCC(C(=O)Nc4ccc(F)c(F)c4)CC3)nc3ccsc3c2=O)cc1. The van der Waals surface area contributed by atoms with Gasteiger partial charge in [-0.1, -0.05) is 17.7 Å². The van der Waals surface area contributed by atoms with Crippen LogP contribution in [-0.2, 0) is 4.79 Å². The molecular formula is C25H22F2N4O2S. The Labute approximate surface area is 198 Å². The molecule has 2 aromatic heterocycles. The molecule has 3 heterocycles. The van der Waals surface area contributed by atoms with Crippen LogP contribution in [0.25, 0.3) is 15.9 Å². The van der Waals surface area contributed by atoms with Gasteiger partial charge >= 0.3 is 0 Å². The van der Waals surface area contributed by atoms with Gasteiger partial charge in [-0.2, -0.15) is 0 Å². The molecule has 0 saturated carbocycles. The highest BCUT2D eigenvalue weighted by Crippen LogP contribution is 2.27. The van der Waals surface area contributed by atoms with Crippen molar-refractivity contribution >= 4 is 39.1 Å². The lowest BCUT2D eigenvalue weighted by atomic mass is 9.96. The summed E-state index contributed by atoms with van der Waals surface area (Å²) in [5.74, 6) is -1.92. The predicted molar refractivity (Wildman–Crippen MR) is 130 cm³/mol. The number of halogens is 2. The minimum atomic E-state index is -1.00. The number of carbonyl (C=O) groups is 1. The molecule has 1 saturated heterocycles. The Morgan fingerprint density at radius 3 is 2.50 bits per heavy atom. The quantitative estimate of drug-likeness (QED) is 0.452. The summed E-state index contributed by atoms with van der Waals surface area (Å²) in [7, 11) is 0. The first-order valence-electron chi connectivity index (χ1n) is 11.0. The molecule has 1 amide bonds. The van der Waals surface area contributed by atoms with Crippen LogP contribution in [0.4, 0.5) is 20.4 Å². The van der Waals surface area contributed by atoms with E-state index in [1.807, 2.05) is 47.5 Å². The summed E-state index contributed by atoms with van der Waals surface area (Å²) >= 11 is 1.37. The molecule has 1 aliphatic heterocycles. The average molecular weight is 481 g/mol. The number of aryl methyl sites for hydroxylation is 1. The molecule has 6 nitrogen and oxygen atoms in total. The van der Waals surface area contributed by atoms with Crippen molar-refractivity contribution in [3.8, 4) is 5.69 Å². The van der Waals surface area contributed by atoms with E-state index in [9.17, 15) is 18.4 Å². The second-order valence-electron chi connectivity index (χ2n) is 8.40. The highest BCUT2D eigenvalue weighted by atomic mass is 32.1. The molecule has 5 rings (SSSR count). The molecule has 0 unspecified atom stereocenters. The fourth-order valence-corrected chi connectivity index (χ4v) is 4.96. The lowest BCUT2D eigenvalue weighted by molar-refractivity contribution is -0.120. The largest absolute Gasteiger partial charge is 0.342 e. The molecular weight excluding hydrogens is 458 g/mol. The number of nitrogens with one attached hydrogen (secondary N) is 1. The van der Waals surface area contributed by atoms with Crippen LogP contribution in [0.1, 0.15) is 18.4 Å². The van der Waals surface area contributed by atoms with Crippen LogP contribution in [0.15, 0.2) is 58.7 Å². The molecule has 0 radical (unpaired) electrons. The molecule has 34 heavy (non-hydrogen) atoms. The number of hydrogen-bond donors (Lipinski definition) is 1. The highest BCUT2D eigenvalue weighted by Gasteiger charge is 2.28. The van der Waals surface area contributed by atoms with E-state index in [1.54, 1.807) is 4.57 Å². The highest BCUT2D eigenvalue weighted by molar-refractivity contribution is 7.17. The van der Waals surface area contributed by atoms with E-state index in [0.717, 1.165) is 23.4 Å². The van der Waals surface area contributed by atoms with Crippen molar-refractivity contribution in [2.45, 2.75) is 19.8 Å². The average Bonchev–Trinajstić information content (AvgIpc) is 3.31. The number of nitrogens with zero attached hydrogens (tertiary/aromatic N) is 3. The van der Waals surface area contributed by atoms with E-state index < -0.39 is 11.6 Å². The zero-order valence-electron chi connectivity index (χ0n) is 18.4. The van der Waals surface area contributed by atoms with Crippen LogP contribution < -0.4 is 15.8 Å². The van der Waals surface area contributed by atoms with Crippen molar-refractivity contribution in [1.29, 1.82) is 0 Å². The molecule has 0 aliphatic carbocycles. The van der Waals surface area contributed by atoms with Crippen molar-refractivity contribution in [1.82, 2.24) is 9.55 Å². The van der Waals surface area contributed by atoms with Gasteiger partial charge in [0.15, 0.2) is 11.6 Å². The van der Waals surface area contributed by atoms with Crippen molar-refractivity contribution in [3.63, 3.8) is 0 Å². The third-order valence-corrected chi connectivity index (χ3v) is 6.98. The number of rotatable bonds is 4. The lowest BCUT2D eigenvalue weighted by Gasteiger charge is -2.33. The fourth-order valence-electron chi connectivity index (χ4n) is 4.20. The maximum atomic E-state index is 13.5. The van der Waals surface area contributed by atoms with Gasteiger partial charge in [0.05, 0.1) is 11.2 Å². The van der Waals surface area contributed by atoms with Gasteiger partial charge in [0, 0.05) is 30.8 Å². The number of anilines is 2. The molecule has 4 aromatic rings. The molecule has 174 valence electrons. The predicted octanol–water partition coefficient (Wildman–Crippen LogP) is 4.89. The zero-order chi connectivity index (χ0) is 23.8. The summed E-state index contributed by atoms with van der Waals surface area (Å²) in [6, 6.07) is 12.9.